The number of alkyl halides is 2. The van der Waals surface area contributed by atoms with Crippen LogP contribution in [0.5, 0.6) is 5.75 Å². The van der Waals surface area contributed by atoms with E-state index in [1.165, 1.54) is 6.07 Å². The van der Waals surface area contributed by atoms with E-state index in [4.69, 9.17) is 4.42 Å². The van der Waals surface area contributed by atoms with Crippen molar-refractivity contribution in [2.45, 2.75) is 20.1 Å². The predicted octanol–water partition coefficient (Wildman–Crippen LogP) is 5.04. The maximum atomic E-state index is 12.4. The van der Waals surface area contributed by atoms with Crippen LogP contribution in [0.1, 0.15) is 21.7 Å². The van der Waals surface area contributed by atoms with E-state index >= 15 is 0 Å². The molecule has 1 amide bonds. The third-order valence-corrected chi connectivity index (χ3v) is 4.23. The number of benzene rings is 2. The number of nitrogens with one attached hydrogen (secondary N) is 1. The largest absolute Gasteiger partial charge is 0.451 e. The third-order valence-electron chi connectivity index (χ3n) is 3.73. The standard InChI is InChI=1S/C18H14BrF2NO3/c1-10-13-8-12(19)6-7-15(13)24-16(10)17(23)22-9-11-4-2-3-5-14(11)25-18(20)21/h2-8,18H,9H2,1H3,(H,22,23). The minimum atomic E-state index is -2.92. The second-order valence-corrected chi connectivity index (χ2v) is 6.28. The van der Waals surface area contributed by atoms with Crippen LogP contribution in [-0.2, 0) is 6.54 Å². The summed E-state index contributed by atoms with van der Waals surface area (Å²) in [5.41, 5.74) is 1.77. The van der Waals surface area contributed by atoms with E-state index in [1.807, 2.05) is 12.1 Å². The van der Waals surface area contributed by atoms with Gasteiger partial charge in [0.1, 0.15) is 11.3 Å². The van der Waals surface area contributed by atoms with E-state index in [0.717, 1.165) is 9.86 Å². The highest BCUT2D eigenvalue weighted by molar-refractivity contribution is 9.10. The summed E-state index contributed by atoms with van der Waals surface area (Å²) in [6.07, 6.45) is 0. The molecule has 1 aromatic heterocycles. The summed E-state index contributed by atoms with van der Waals surface area (Å²) in [7, 11) is 0. The van der Waals surface area contributed by atoms with E-state index in [9.17, 15) is 13.6 Å². The van der Waals surface area contributed by atoms with Crippen LogP contribution in [0.3, 0.4) is 0 Å². The highest BCUT2D eigenvalue weighted by Gasteiger charge is 2.18. The van der Waals surface area contributed by atoms with Gasteiger partial charge in [-0.3, -0.25) is 4.79 Å². The number of para-hydroxylation sites is 1. The van der Waals surface area contributed by atoms with Gasteiger partial charge in [-0.05, 0) is 31.2 Å². The van der Waals surface area contributed by atoms with E-state index in [1.54, 1.807) is 31.2 Å². The van der Waals surface area contributed by atoms with Gasteiger partial charge in [-0.2, -0.15) is 8.78 Å². The number of carbonyl (C=O) groups is 1. The van der Waals surface area contributed by atoms with Gasteiger partial charge in [-0.15, -0.1) is 0 Å². The first-order valence-electron chi connectivity index (χ1n) is 7.45. The Morgan fingerprint density at radius 2 is 2.04 bits per heavy atom. The predicted molar refractivity (Wildman–Crippen MR) is 92.9 cm³/mol. The molecule has 0 atom stereocenters. The lowest BCUT2D eigenvalue weighted by Crippen LogP contribution is -2.23. The van der Waals surface area contributed by atoms with Gasteiger partial charge in [0.25, 0.3) is 5.91 Å². The maximum absolute atomic E-state index is 12.4. The van der Waals surface area contributed by atoms with Crippen molar-refractivity contribution in [2.75, 3.05) is 0 Å². The first-order valence-corrected chi connectivity index (χ1v) is 8.24. The molecule has 0 unspecified atom stereocenters. The van der Waals surface area contributed by atoms with Crippen molar-refractivity contribution < 1.29 is 22.7 Å². The zero-order valence-corrected chi connectivity index (χ0v) is 14.8. The number of fused-ring (bicyclic) bond motifs is 1. The number of ether oxygens (including phenoxy) is 1. The van der Waals surface area contributed by atoms with E-state index in [2.05, 4.69) is 26.0 Å². The van der Waals surface area contributed by atoms with Crippen LogP contribution in [0.2, 0.25) is 0 Å². The van der Waals surface area contributed by atoms with Gasteiger partial charge in [-0.1, -0.05) is 34.1 Å². The van der Waals surface area contributed by atoms with Crippen LogP contribution in [0.15, 0.2) is 51.4 Å². The molecule has 3 aromatic rings. The molecule has 0 aliphatic carbocycles. The van der Waals surface area contributed by atoms with Crippen LogP contribution in [0, 0.1) is 6.92 Å². The fourth-order valence-corrected chi connectivity index (χ4v) is 2.89. The van der Waals surface area contributed by atoms with Crippen LogP contribution in [0.4, 0.5) is 8.78 Å². The van der Waals surface area contributed by atoms with Gasteiger partial charge >= 0.3 is 6.61 Å². The Kier molecular flexibility index (Phi) is 5.03. The Labute approximate surface area is 150 Å². The van der Waals surface area contributed by atoms with Crippen molar-refractivity contribution >= 4 is 32.8 Å². The number of aryl methyl sites for hydroxylation is 1. The van der Waals surface area contributed by atoms with Gasteiger partial charge in [-0.25, -0.2) is 0 Å². The zero-order chi connectivity index (χ0) is 18.0. The van der Waals surface area contributed by atoms with E-state index < -0.39 is 12.5 Å². The van der Waals surface area contributed by atoms with Gasteiger partial charge in [0.2, 0.25) is 0 Å². The molecule has 0 bridgehead atoms. The van der Waals surface area contributed by atoms with Gasteiger partial charge in [0.15, 0.2) is 5.76 Å². The molecule has 0 radical (unpaired) electrons. The number of furan rings is 1. The van der Waals surface area contributed by atoms with Gasteiger partial charge in [0, 0.05) is 27.5 Å². The summed E-state index contributed by atoms with van der Waals surface area (Å²) >= 11 is 3.38. The summed E-state index contributed by atoms with van der Waals surface area (Å²) in [6, 6.07) is 11.8. The summed E-state index contributed by atoms with van der Waals surface area (Å²) in [5, 5.41) is 3.51. The Bertz CT molecular complexity index is 924. The second-order valence-electron chi connectivity index (χ2n) is 5.37. The molecule has 3 rings (SSSR count). The molecule has 0 fully saturated rings. The third kappa shape index (κ3) is 3.82. The molecule has 130 valence electrons. The van der Waals surface area contributed by atoms with Crippen molar-refractivity contribution in [3.05, 3.63) is 63.8 Å². The van der Waals surface area contributed by atoms with Gasteiger partial charge in [0.05, 0.1) is 0 Å². The summed E-state index contributed by atoms with van der Waals surface area (Å²) in [5.74, 6) is -0.194. The summed E-state index contributed by atoms with van der Waals surface area (Å²) < 4.78 is 35.8. The first-order chi connectivity index (χ1) is 12.0. The fraction of sp³-hybridized carbons (Fsp3) is 0.167. The number of hydrogen-bond donors (Lipinski definition) is 1. The van der Waals surface area contributed by atoms with Gasteiger partial charge < -0.3 is 14.5 Å². The zero-order valence-electron chi connectivity index (χ0n) is 13.2. The fourth-order valence-electron chi connectivity index (χ4n) is 2.53. The minimum Gasteiger partial charge on any atom is -0.451 e. The maximum Gasteiger partial charge on any atom is 0.387 e. The quantitative estimate of drug-likeness (QED) is 0.642. The van der Waals surface area contributed by atoms with Crippen molar-refractivity contribution in [2.24, 2.45) is 0 Å². The molecule has 2 aromatic carbocycles. The SMILES string of the molecule is Cc1c(C(=O)NCc2ccccc2OC(F)F)oc2ccc(Br)cc12. The smallest absolute Gasteiger partial charge is 0.387 e. The Hall–Kier alpha value is -2.41. The average Bonchev–Trinajstić information content (AvgIpc) is 2.90. The number of hydrogen-bond acceptors (Lipinski definition) is 3. The van der Waals surface area contributed by atoms with Crippen molar-refractivity contribution in [1.29, 1.82) is 0 Å². The molecule has 1 N–H and O–H groups in total. The number of halogens is 3. The minimum absolute atomic E-state index is 0.0306. The number of rotatable bonds is 5. The molecular formula is C18H14BrF2NO3. The van der Waals surface area contributed by atoms with Crippen molar-refractivity contribution in [3.63, 3.8) is 0 Å². The van der Waals surface area contributed by atoms with E-state index in [-0.39, 0.29) is 18.1 Å². The van der Waals surface area contributed by atoms with Crippen LogP contribution >= 0.6 is 15.9 Å². The molecular weight excluding hydrogens is 396 g/mol. The van der Waals surface area contributed by atoms with Crippen LogP contribution < -0.4 is 10.1 Å². The first kappa shape index (κ1) is 17.4. The topological polar surface area (TPSA) is 51.5 Å². The number of amides is 1. The molecule has 7 heteroatoms. The number of carbonyl (C=O) groups excluding carboxylic acids is 1. The second kappa shape index (κ2) is 7.23. The molecule has 0 aliphatic heterocycles. The van der Waals surface area contributed by atoms with Crippen molar-refractivity contribution in [1.82, 2.24) is 5.32 Å². The Morgan fingerprint density at radius 3 is 2.80 bits per heavy atom. The molecule has 0 saturated carbocycles. The highest BCUT2D eigenvalue weighted by Crippen LogP contribution is 2.28. The normalized spacial score (nSPS) is 11.1. The molecule has 0 saturated heterocycles. The lowest BCUT2D eigenvalue weighted by atomic mass is 10.1. The molecule has 0 aliphatic rings. The van der Waals surface area contributed by atoms with E-state index in [0.29, 0.717) is 16.7 Å². The van der Waals surface area contributed by atoms with Crippen LogP contribution in [-0.4, -0.2) is 12.5 Å². The van der Waals surface area contributed by atoms with Crippen molar-refractivity contribution in [3.8, 4) is 5.75 Å². The monoisotopic (exact) mass is 409 g/mol. The molecule has 25 heavy (non-hydrogen) atoms. The lowest BCUT2D eigenvalue weighted by Gasteiger charge is -2.11. The highest BCUT2D eigenvalue weighted by atomic mass is 79.9. The summed E-state index contributed by atoms with van der Waals surface area (Å²) in [4.78, 5) is 12.4. The van der Waals surface area contributed by atoms with Crippen LogP contribution in [0.25, 0.3) is 11.0 Å². The lowest BCUT2D eigenvalue weighted by molar-refractivity contribution is -0.0504. The molecule has 1 heterocycles. The Balaban J connectivity index is 1.79. The molecule has 0 spiro atoms. The summed E-state index contributed by atoms with van der Waals surface area (Å²) in [6.45, 7) is -1.09. The Morgan fingerprint density at radius 1 is 1.28 bits per heavy atom. The average molecular weight is 410 g/mol. The molecule has 4 nitrogen and oxygen atoms in total.